The van der Waals surface area contributed by atoms with Gasteiger partial charge in [-0.25, -0.2) is 0 Å². The van der Waals surface area contributed by atoms with Gasteiger partial charge in [-0.15, -0.1) is 0 Å². The first-order chi connectivity index (χ1) is 9.78. The smallest absolute Gasteiger partial charge is 0.131 e. The molecule has 3 rings (SSSR count). The molecule has 2 heterocycles. The number of rotatable bonds is 4. The summed E-state index contributed by atoms with van der Waals surface area (Å²) in [6, 6.07) is 8.00. The number of nitrogens with zero attached hydrogens (tertiary/aromatic N) is 1. The fourth-order valence-corrected chi connectivity index (χ4v) is 2.22. The lowest BCUT2D eigenvalue weighted by Gasteiger charge is -2.21. The predicted octanol–water partition coefficient (Wildman–Crippen LogP) is 2.76. The van der Waals surface area contributed by atoms with Gasteiger partial charge in [-0.1, -0.05) is 6.92 Å². The molecule has 1 aromatic carbocycles. The molecule has 0 fully saturated rings. The van der Waals surface area contributed by atoms with Gasteiger partial charge in [0.05, 0.1) is 0 Å². The molecule has 0 aliphatic carbocycles. The molecule has 2 aromatic rings. The third-order valence-electron chi connectivity index (χ3n) is 3.52. The van der Waals surface area contributed by atoms with E-state index in [1.807, 2.05) is 30.5 Å². The summed E-state index contributed by atoms with van der Waals surface area (Å²) in [5, 5.41) is 0. The second-order valence-corrected chi connectivity index (χ2v) is 4.96. The Bertz CT molecular complexity index is 613. The molecule has 4 heteroatoms. The second-order valence-electron chi connectivity index (χ2n) is 4.96. The van der Waals surface area contributed by atoms with E-state index in [-0.39, 0.29) is 6.04 Å². The van der Waals surface area contributed by atoms with Crippen molar-refractivity contribution in [1.82, 2.24) is 4.98 Å². The lowest BCUT2D eigenvalue weighted by Crippen LogP contribution is -2.26. The molecule has 1 aliphatic heterocycles. The van der Waals surface area contributed by atoms with Crippen molar-refractivity contribution in [3.8, 4) is 22.6 Å². The van der Waals surface area contributed by atoms with E-state index in [1.54, 1.807) is 6.20 Å². The monoisotopic (exact) mass is 270 g/mol. The minimum Gasteiger partial charge on any atom is -0.492 e. The third kappa shape index (κ3) is 2.47. The van der Waals surface area contributed by atoms with Gasteiger partial charge in [0.2, 0.25) is 0 Å². The van der Waals surface area contributed by atoms with Crippen molar-refractivity contribution in [2.45, 2.75) is 26.0 Å². The van der Waals surface area contributed by atoms with Crippen molar-refractivity contribution in [3.05, 3.63) is 42.2 Å². The summed E-state index contributed by atoms with van der Waals surface area (Å²) in [7, 11) is 0. The van der Waals surface area contributed by atoms with Gasteiger partial charge < -0.3 is 15.2 Å². The average molecular weight is 270 g/mol. The molecule has 0 unspecified atom stereocenters. The van der Waals surface area contributed by atoms with E-state index >= 15 is 0 Å². The summed E-state index contributed by atoms with van der Waals surface area (Å²) in [5.41, 5.74) is 9.23. The highest BCUT2D eigenvalue weighted by atomic mass is 16.5. The molecule has 1 aromatic heterocycles. The minimum atomic E-state index is 0.0683. The maximum absolute atomic E-state index is 5.86. The normalized spacial score (nSPS) is 13.9. The van der Waals surface area contributed by atoms with Gasteiger partial charge in [-0.05, 0) is 30.2 Å². The van der Waals surface area contributed by atoms with Gasteiger partial charge in [0, 0.05) is 35.6 Å². The van der Waals surface area contributed by atoms with Crippen LogP contribution in [-0.2, 0) is 6.61 Å². The van der Waals surface area contributed by atoms with E-state index < -0.39 is 0 Å². The fourth-order valence-electron chi connectivity index (χ4n) is 2.22. The molecule has 2 N–H and O–H groups in total. The van der Waals surface area contributed by atoms with Crippen LogP contribution < -0.4 is 15.2 Å². The first kappa shape index (κ1) is 12.9. The van der Waals surface area contributed by atoms with Gasteiger partial charge in [-0.2, -0.15) is 0 Å². The Labute approximate surface area is 118 Å². The Kier molecular flexibility index (Phi) is 3.56. The zero-order valence-corrected chi connectivity index (χ0v) is 11.5. The van der Waals surface area contributed by atoms with Crippen LogP contribution in [0.15, 0.2) is 36.7 Å². The number of nitrogens with two attached hydrogens (primary N) is 1. The Morgan fingerprint density at radius 3 is 3.10 bits per heavy atom. The largest absolute Gasteiger partial charge is 0.492 e. The van der Waals surface area contributed by atoms with Crippen molar-refractivity contribution in [3.63, 3.8) is 0 Å². The van der Waals surface area contributed by atoms with Crippen molar-refractivity contribution in [2.24, 2.45) is 5.73 Å². The van der Waals surface area contributed by atoms with E-state index in [0.29, 0.717) is 13.2 Å². The quantitative estimate of drug-likeness (QED) is 0.928. The van der Waals surface area contributed by atoms with Crippen LogP contribution in [0.2, 0.25) is 0 Å². The molecule has 1 atom stereocenters. The molecular formula is C16H18N2O2. The van der Waals surface area contributed by atoms with Crippen LogP contribution in [0.1, 0.15) is 18.9 Å². The topological polar surface area (TPSA) is 57.4 Å². The van der Waals surface area contributed by atoms with Crippen LogP contribution in [0.4, 0.5) is 0 Å². The number of hydrogen-bond acceptors (Lipinski definition) is 4. The first-order valence-corrected chi connectivity index (χ1v) is 6.86. The molecule has 0 radical (unpaired) electrons. The minimum absolute atomic E-state index is 0.0683. The first-order valence-electron chi connectivity index (χ1n) is 6.86. The zero-order chi connectivity index (χ0) is 13.9. The summed E-state index contributed by atoms with van der Waals surface area (Å²) >= 11 is 0. The van der Waals surface area contributed by atoms with Gasteiger partial charge in [-0.3, -0.25) is 4.98 Å². The number of pyridine rings is 1. The maximum atomic E-state index is 5.86. The highest BCUT2D eigenvalue weighted by molar-refractivity contribution is 5.75. The fraction of sp³-hybridized carbons (Fsp3) is 0.312. The number of fused-ring (bicyclic) bond motifs is 3. The number of benzene rings is 1. The third-order valence-corrected chi connectivity index (χ3v) is 3.52. The maximum Gasteiger partial charge on any atom is 0.131 e. The molecule has 0 saturated carbocycles. The Hall–Kier alpha value is -2.07. The summed E-state index contributed by atoms with van der Waals surface area (Å²) in [6.45, 7) is 3.12. The van der Waals surface area contributed by atoms with Crippen molar-refractivity contribution >= 4 is 0 Å². The van der Waals surface area contributed by atoms with E-state index in [0.717, 1.165) is 29.0 Å². The summed E-state index contributed by atoms with van der Waals surface area (Å²) in [6.07, 6.45) is 4.56. The van der Waals surface area contributed by atoms with Crippen molar-refractivity contribution in [1.29, 1.82) is 0 Å². The van der Waals surface area contributed by atoms with Crippen LogP contribution in [0, 0.1) is 0 Å². The van der Waals surface area contributed by atoms with E-state index in [9.17, 15) is 0 Å². The summed E-state index contributed by atoms with van der Waals surface area (Å²) < 4.78 is 11.5. The van der Waals surface area contributed by atoms with Crippen molar-refractivity contribution in [2.75, 3.05) is 6.61 Å². The SMILES string of the molecule is CC[C@@H](N)COc1ccc2c(c1)OCc1cnccc1-2. The van der Waals surface area contributed by atoms with Crippen molar-refractivity contribution < 1.29 is 9.47 Å². The predicted molar refractivity (Wildman–Crippen MR) is 77.8 cm³/mol. The highest BCUT2D eigenvalue weighted by Crippen LogP contribution is 2.39. The molecule has 20 heavy (non-hydrogen) atoms. The van der Waals surface area contributed by atoms with Gasteiger partial charge in [0.25, 0.3) is 0 Å². The van der Waals surface area contributed by atoms with Gasteiger partial charge in [0.1, 0.15) is 24.7 Å². The molecule has 0 saturated heterocycles. The van der Waals surface area contributed by atoms with E-state index in [1.165, 1.54) is 5.56 Å². The van der Waals surface area contributed by atoms with Crippen LogP contribution in [-0.4, -0.2) is 17.6 Å². The molecule has 0 spiro atoms. The molecule has 0 amide bonds. The highest BCUT2D eigenvalue weighted by Gasteiger charge is 2.17. The van der Waals surface area contributed by atoms with Gasteiger partial charge in [0.15, 0.2) is 0 Å². The Morgan fingerprint density at radius 1 is 1.35 bits per heavy atom. The van der Waals surface area contributed by atoms with Crippen LogP contribution in [0.5, 0.6) is 11.5 Å². The molecule has 4 nitrogen and oxygen atoms in total. The van der Waals surface area contributed by atoms with E-state index in [4.69, 9.17) is 15.2 Å². The summed E-state index contributed by atoms with van der Waals surface area (Å²) in [5.74, 6) is 1.65. The zero-order valence-electron chi connectivity index (χ0n) is 11.5. The molecular weight excluding hydrogens is 252 g/mol. The summed E-state index contributed by atoms with van der Waals surface area (Å²) in [4.78, 5) is 4.13. The average Bonchev–Trinajstić information content (AvgIpc) is 2.52. The second kappa shape index (κ2) is 5.51. The van der Waals surface area contributed by atoms with E-state index in [2.05, 4.69) is 11.9 Å². The Morgan fingerprint density at radius 2 is 2.25 bits per heavy atom. The Balaban J connectivity index is 1.85. The van der Waals surface area contributed by atoms with Crippen LogP contribution in [0.25, 0.3) is 11.1 Å². The number of hydrogen-bond donors (Lipinski definition) is 1. The molecule has 1 aliphatic rings. The van der Waals surface area contributed by atoms with Gasteiger partial charge >= 0.3 is 0 Å². The number of aromatic nitrogens is 1. The molecule has 104 valence electrons. The standard InChI is InChI=1S/C16H18N2O2/c1-2-12(17)10-19-13-3-4-15-14-5-6-18-8-11(14)9-20-16(15)7-13/h3-8,12H,2,9-10,17H2,1H3/t12-/m1/s1. The molecule has 0 bridgehead atoms. The van der Waals surface area contributed by atoms with Crippen LogP contribution in [0.3, 0.4) is 0 Å². The lowest BCUT2D eigenvalue weighted by atomic mass is 9.99. The number of ether oxygens (including phenoxy) is 2. The lowest BCUT2D eigenvalue weighted by molar-refractivity contribution is 0.276. The van der Waals surface area contributed by atoms with Crippen LogP contribution >= 0.6 is 0 Å².